The van der Waals surface area contributed by atoms with Gasteiger partial charge >= 0.3 is 6.03 Å². The minimum Gasteiger partial charge on any atom is -0.297 e. The summed E-state index contributed by atoms with van der Waals surface area (Å²) in [5, 5.41) is 8.29. The minimum atomic E-state index is -0.613. The third kappa shape index (κ3) is 3.89. The van der Waals surface area contributed by atoms with E-state index in [4.69, 9.17) is 11.7 Å². The molecule has 8 unspecified atom stereocenters. The molecular weight excluding hydrogens is 416 g/mol. The van der Waals surface area contributed by atoms with Crippen LogP contribution in [-0.2, 0) is 4.79 Å². The van der Waals surface area contributed by atoms with E-state index in [0.717, 1.165) is 58.9 Å². The number of nitrogens with zero attached hydrogens (tertiary/aromatic N) is 3. The summed E-state index contributed by atoms with van der Waals surface area (Å²) in [6, 6.07) is -0.613. The molecule has 1 aromatic rings. The maximum absolute atomic E-state index is 13.4. The number of ketones is 1. The van der Waals surface area contributed by atoms with Crippen molar-refractivity contribution in [1.82, 2.24) is 15.2 Å². The molecule has 4 aliphatic rings. The number of fused-ring (bicyclic) bond motifs is 5. The van der Waals surface area contributed by atoms with Crippen LogP contribution in [0.2, 0.25) is 0 Å². The number of rotatable bonds is 4. The number of anilines is 1. The second kappa shape index (κ2) is 8.69. The molecule has 8 heteroatoms. The molecule has 0 aromatic carbocycles. The van der Waals surface area contributed by atoms with Crippen molar-refractivity contribution in [2.75, 3.05) is 11.6 Å². The van der Waals surface area contributed by atoms with E-state index in [2.05, 4.69) is 24.0 Å². The first-order chi connectivity index (χ1) is 15.8. The van der Waals surface area contributed by atoms with Gasteiger partial charge in [0.15, 0.2) is 5.78 Å². The Morgan fingerprint density at radius 3 is 2.64 bits per heavy atom. The van der Waals surface area contributed by atoms with Crippen LogP contribution in [0.5, 0.6) is 0 Å². The van der Waals surface area contributed by atoms with E-state index in [1.165, 1.54) is 50.9 Å². The first kappa shape index (κ1) is 22.8. The Balaban J connectivity index is 1.24. The van der Waals surface area contributed by atoms with Crippen molar-refractivity contribution in [2.24, 2.45) is 58.5 Å². The van der Waals surface area contributed by atoms with Gasteiger partial charge in [0.05, 0.1) is 12.7 Å². The molecule has 0 saturated heterocycles. The number of Topliss-reactive ketones (excluding diaryl/α,β-unsaturated/α-hetero) is 1. The average Bonchev–Trinajstić information content (AvgIpc) is 3.45. The highest BCUT2D eigenvalue weighted by atomic mass is 16.2. The number of hydrogen-bond donors (Lipinski definition) is 3. The van der Waals surface area contributed by atoms with Gasteiger partial charge < -0.3 is 0 Å². The van der Waals surface area contributed by atoms with E-state index >= 15 is 0 Å². The molecule has 0 radical (unpaired) electrons. The molecule has 4 fully saturated rings. The summed E-state index contributed by atoms with van der Waals surface area (Å²) >= 11 is 0. The molecule has 2 amide bonds. The summed E-state index contributed by atoms with van der Waals surface area (Å²) < 4.78 is 0. The van der Waals surface area contributed by atoms with Crippen molar-refractivity contribution in [2.45, 2.75) is 71.6 Å². The topological polar surface area (TPSA) is 121 Å². The summed E-state index contributed by atoms with van der Waals surface area (Å²) in [5.74, 6) is 16.9. The van der Waals surface area contributed by atoms with E-state index in [1.54, 1.807) is 0 Å². The Labute approximate surface area is 196 Å². The monoisotopic (exact) mass is 456 g/mol. The van der Waals surface area contributed by atoms with Crippen LogP contribution < -0.4 is 16.7 Å². The van der Waals surface area contributed by atoms with Gasteiger partial charge in [-0.1, -0.05) is 20.3 Å². The highest BCUT2D eigenvalue weighted by molar-refractivity contribution is 5.94. The van der Waals surface area contributed by atoms with Crippen LogP contribution in [-0.4, -0.2) is 33.6 Å². The molecular formula is C25H40N6O2. The van der Waals surface area contributed by atoms with E-state index in [-0.39, 0.29) is 23.7 Å². The molecule has 1 heterocycles. The van der Waals surface area contributed by atoms with Crippen LogP contribution >= 0.6 is 0 Å². The molecule has 0 spiro atoms. The quantitative estimate of drug-likeness (QED) is 0.361. The van der Waals surface area contributed by atoms with Crippen LogP contribution in [0.1, 0.15) is 71.6 Å². The molecule has 8 nitrogen and oxygen atoms in total. The average molecular weight is 457 g/mol. The standard InChI is InChI=1S/C25H40N6O2/c1-15-3-5-18-16(11-15)4-6-20-19(18)9-10-25(2)21(20)7-8-22(25)23(32)14-30(26)24(33)31(27)17-12-28-29-13-17/h12-13,15-16,18-22H,3-11,14,26-27H2,1-2H3,(H,28,29). The van der Waals surface area contributed by atoms with Gasteiger partial charge in [-0.2, -0.15) is 5.10 Å². The van der Waals surface area contributed by atoms with Crippen molar-refractivity contribution >= 4 is 17.5 Å². The van der Waals surface area contributed by atoms with Gasteiger partial charge in [-0.25, -0.2) is 21.5 Å². The lowest BCUT2D eigenvalue weighted by Gasteiger charge is -2.56. The zero-order chi connectivity index (χ0) is 23.3. The predicted molar refractivity (Wildman–Crippen MR) is 126 cm³/mol. The summed E-state index contributed by atoms with van der Waals surface area (Å²) in [6.45, 7) is 4.67. The SMILES string of the molecule is CC1CCC2C(CCC3C2CCC2(C)C(C(=O)CN(N)C(=O)N(N)c4cn[nH]c4)CCC32)C1. The van der Waals surface area contributed by atoms with Crippen molar-refractivity contribution in [3.05, 3.63) is 12.4 Å². The Hall–Kier alpha value is -1.93. The van der Waals surface area contributed by atoms with Crippen LogP contribution in [0.3, 0.4) is 0 Å². The lowest BCUT2D eigenvalue weighted by atomic mass is 9.49. The second-order valence-corrected chi connectivity index (χ2v) is 11.7. The van der Waals surface area contributed by atoms with Gasteiger partial charge in [0.25, 0.3) is 0 Å². The fourth-order valence-electron chi connectivity index (χ4n) is 8.59. The zero-order valence-electron chi connectivity index (χ0n) is 20.1. The highest BCUT2D eigenvalue weighted by Gasteiger charge is 2.58. The third-order valence-corrected chi connectivity index (χ3v) is 10.1. The van der Waals surface area contributed by atoms with Crippen molar-refractivity contribution in [3.63, 3.8) is 0 Å². The summed E-state index contributed by atoms with van der Waals surface area (Å²) in [7, 11) is 0. The number of nitrogens with two attached hydrogens (primary N) is 2. The van der Waals surface area contributed by atoms with Crippen molar-refractivity contribution in [3.8, 4) is 0 Å². The first-order valence-electron chi connectivity index (χ1n) is 12.9. The van der Waals surface area contributed by atoms with Crippen LogP contribution in [0, 0.1) is 46.8 Å². The molecule has 33 heavy (non-hydrogen) atoms. The van der Waals surface area contributed by atoms with E-state index in [9.17, 15) is 9.59 Å². The number of hydrogen-bond acceptors (Lipinski definition) is 5. The molecule has 4 saturated carbocycles. The predicted octanol–water partition coefficient (Wildman–Crippen LogP) is 3.86. The lowest BCUT2D eigenvalue weighted by Crippen LogP contribution is -2.54. The molecule has 0 aliphatic heterocycles. The number of aromatic nitrogens is 2. The Bertz CT molecular complexity index is 874. The van der Waals surface area contributed by atoms with Gasteiger partial charge in [0.1, 0.15) is 5.69 Å². The summed E-state index contributed by atoms with van der Waals surface area (Å²) in [6.07, 6.45) is 14.4. The van der Waals surface area contributed by atoms with E-state index in [0.29, 0.717) is 11.6 Å². The van der Waals surface area contributed by atoms with Crippen LogP contribution in [0.15, 0.2) is 12.4 Å². The summed E-state index contributed by atoms with van der Waals surface area (Å²) in [4.78, 5) is 26.0. The number of amides is 2. The maximum atomic E-state index is 13.4. The first-order valence-corrected chi connectivity index (χ1v) is 12.9. The number of carbonyl (C=O) groups excluding carboxylic acids is 2. The van der Waals surface area contributed by atoms with Crippen LogP contribution in [0.25, 0.3) is 0 Å². The molecule has 0 bridgehead atoms. The van der Waals surface area contributed by atoms with Crippen molar-refractivity contribution < 1.29 is 9.59 Å². The molecule has 8 atom stereocenters. The van der Waals surface area contributed by atoms with E-state index in [1.807, 2.05) is 0 Å². The number of nitrogens with one attached hydrogen (secondary N) is 1. The number of hydrazine groups is 2. The normalized spacial score (nSPS) is 39.8. The Morgan fingerprint density at radius 1 is 1.09 bits per heavy atom. The number of urea groups is 1. The van der Waals surface area contributed by atoms with Gasteiger partial charge in [-0.15, -0.1) is 0 Å². The maximum Gasteiger partial charge on any atom is 0.353 e. The molecule has 4 aliphatic carbocycles. The lowest BCUT2D eigenvalue weighted by molar-refractivity contribution is -0.131. The smallest absolute Gasteiger partial charge is 0.297 e. The fourth-order valence-corrected chi connectivity index (χ4v) is 8.59. The van der Waals surface area contributed by atoms with Gasteiger partial charge in [0.2, 0.25) is 0 Å². The molecule has 5 N–H and O–H groups in total. The third-order valence-electron chi connectivity index (χ3n) is 10.1. The highest BCUT2D eigenvalue weighted by Crippen LogP contribution is 2.64. The van der Waals surface area contributed by atoms with E-state index < -0.39 is 6.03 Å². The zero-order valence-corrected chi connectivity index (χ0v) is 20.1. The molecule has 182 valence electrons. The number of H-pyrrole nitrogens is 1. The van der Waals surface area contributed by atoms with Crippen LogP contribution in [0.4, 0.5) is 10.5 Å². The minimum absolute atomic E-state index is 0.0217. The Kier molecular flexibility index (Phi) is 6.02. The van der Waals surface area contributed by atoms with Gasteiger partial charge in [0, 0.05) is 12.1 Å². The largest absolute Gasteiger partial charge is 0.353 e. The van der Waals surface area contributed by atoms with Gasteiger partial charge in [-0.3, -0.25) is 14.9 Å². The Morgan fingerprint density at radius 2 is 1.88 bits per heavy atom. The number of aromatic amines is 1. The fraction of sp³-hybridized carbons (Fsp3) is 0.800. The number of carbonyl (C=O) groups is 2. The van der Waals surface area contributed by atoms with Gasteiger partial charge in [-0.05, 0) is 92.3 Å². The second-order valence-electron chi connectivity index (χ2n) is 11.7. The molecule has 5 rings (SSSR count). The van der Waals surface area contributed by atoms with Crippen molar-refractivity contribution in [1.29, 1.82) is 0 Å². The summed E-state index contributed by atoms with van der Waals surface area (Å²) in [5.41, 5.74) is 0.436. The molecule has 1 aromatic heterocycles.